The Hall–Kier alpha value is -0.920. The van der Waals surface area contributed by atoms with Crippen LogP contribution >= 0.6 is 11.3 Å². The summed E-state index contributed by atoms with van der Waals surface area (Å²) in [6.45, 7) is 2.67. The van der Waals surface area contributed by atoms with Crippen molar-refractivity contribution in [3.05, 3.63) is 21.4 Å². The predicted molar refractivity (Wildman–Crippen MR) is 87.9 cm³/mol. The van der Waals surface area contributed by atoms with Gasteiger partial charge in [0.05, 0.1) is 10.6 Å². The summed E-state index contributed by atoms with van der Waals surface area (Å²) in [5.74, 6) is 0.140. The van der Waals surface area contributed by atoms with Crippen LogP contribution in [0, 0.1) is 0 Å². The molecule has 0 spiro atoms. The van der Waals surface area contributed by atoms with Crippen LogP contribution in [0.2, 0.25) is 0 Å². The molecule has 1 N–H and O–H groups in total. The molecule has 0 bridgehead atoms. The van der Waals surface area contributed by atoms with Crippen molar-refractivity contribution in [1.29, 1.82) is 0 Å². The molecule has 0 radical (unpaired) electrons. The number of nitrogens with one attached hydrogen (secondary N) is 1. The molecule has 22 heavy (non-hydrogen) atoms. The molecule has 0 unspecified atom stereocenters. The number of piperidine rings is 1. The van der Waals surface area contributed by atoms with Crippen molar-refractivity contribution >= 4 is 27.3 Å². The van der Waals surface area contributed by atoms with E-state index < -0.39 is 10.0 Å². The molecule has 7 heteroatoms. The van der Waals surface area contributed by atoms with Gasteiger partial charge in [-0.3, -0.25) is 4.79 Å². The van der Waals surface area contributed by atoms with Gasteiger partial charge >= 0.3 is 0 Å². The van der Waals surface area contributed by atoms with E-state index in [4.69, 9.17) is 0 Å². The zero-order chi connectivity index (χ0) is 15.7. The number of hydrogen-bond acceptors (Lipinski definition) is 4. The van der Waals surface area contributed by atoms with Crippen molar-refractivity contribution in [2.75, 3.05) is 18.8 Å². The average molecular weight is 342 g/mol. The van der Waals surface area contributed by atoms with Crippen molar-refractivity contribution in [1.82, 2.24) is 9.62 Å². The van der Waals surface area contributed by atoms with Gasteiger partial charge in [-0.25, -0.2) is 12.7 Å². The first-order chi connectivity index (χ1) is 10.5. The molecule has 0 aromatic carbocycles. The largest absolute Gasteiger partial charge is 0.349 e. The van der Waals surface area contributed by atoms with Gasteiger partial charge in [0.2, 0.25) is 10.0 Å². The highest BCUT2D eigenvalue weighted by Crippen LogP contribution is 2.30. The van der Waals surface area contributed by atoms with E-state index in [9.17, 15) is 13.2 Å². The van der Waals surface area contributed by atoms with Crippen LogP contribution in [0.3, 0.4) is 0 Å². The van der Waals surface area contributed by atoms with E-state index in [1.807, 2.05) is 6.07 Å². The first kappa shape index (κ1) is 16.0. The maximum Gasteiger partial charge on any atom is 0.261 e. The molecule has 1 aromatic rings. The van der Waals surface area contributed by atoms with Crippen LogP contribution in [0.25, 0.3) is 0 Å². The van der Waals surface area contributed by atoms with Crippen molar-refractivity contribution in [2.45, 2.75) is 45.1 Å². The summed E-state index contributed by atoms with van der Waals surface area (Å²) in [4.78, 5) is 14.5. The molecule has 1 fully saturated rings. The second kappa shape index (κ2) is 6.29. The molecule has 5 nitrogen and oxygen atoms in total. The van der Waals surface area contributed by atoms with Gasteiger partial charge < -0.3 is 5.32 Å². The maximum absolute atomic E-state index is 12.3. The number of fused-ring (bicyclic) bond motifs is 1. The van der Waals surface area contributed by atoms with E-state index in [1.54, 1.807) is 18.3 Å². The van der Waals surface area contributed by atoms with Gasteiger partial charge in [-0.05, 0) is 50.7 Å². The summed E-state index contributed by atoms with van der Waals surface area (Å²) in [6, 6.07) is 2.10. The zero-order valence-corrected chi connectivity index (χ0v) is 14.4. The second-order valence-electron chi connectivity index (χ2n) is 5.96. The predicted octanol–water partition coefficient (Wildman–Crippen LogP) is 1.78. The lowest BCUT2D eigenvalue weighted by Crippen LogP contribution is -2.46. The molecule has 122 valence electrons. The van der Waals surface area contributed by atoms with E-state index in [0.29, 0.717) is 25.9 Å². The van der Waals surface area contributed by atoms with Crippen LogP contribution in [0.5, 0.6) is 0 Å². The molecule has 1 aromatic heterocycles. The van der Waals surface area contributed by atoms with Crippen LogP contribution < -0.4 is 5.32 Å². The first-order valence-electron chi connectivity index (χ1n) is 7.90. The Morgan fingerprint density at radius 2 is 2.09 bits per heavy atom. The Labute approximate surface area is 135 Å². The fourth-order valence-electron chi connectivity index (χ4n) is 3.16. The quantitative estimate of drug-likeness (QED) is 0.907. The van der Waals surface area contributed by atoms with Gasteiger partial charge in [-0.15, -0.1) is 11.3 Å². The summed E-state index contributed by atoms with van der Waals surface area (Å²) >= 11 is 1.61. The minimum atomic E-state index is -3.10. The second-order valence-corrected chi connectivity index (χ2v) is 9.35. The Morgan fingerprint density at radius 3 is 2.73 bits per heavy atom. The van der Waals surface area contributed by atoms with Crippen LogP contribution in [0.1, 0.15) is 46.3 Å². The molecule has 1 aliphatic heterocycles. The molecular weight excluding hydrogens is 320 g/mol. The van der Waals surface area contributed by atoms with Crippen molar-refractivity contribution < 1.29 is 13.2 Å². The molecule has 1 aliphatic carbocycles. The molecule has 1 amide bonds. The van der Waals surface area contributed by atoms with Gasteiger partial charge in [-0.2, -0.15) is 0 Å². The number of aryl methyl sites for hydroxylation is 2. The normalized spacial score (nSPS) is 20.0. The highest BCUT2D eigenvalue weighted by molar-refractivity contribution is 7.89. The minimum Gasteiger partial charge on any atom is -0.349 e. The Kier molecular flexibility index (Phi) is 4.56. The standard InChI is InChI=1S/C15H22N2O3S2/c1-2-22(19,20)17-8-6-12(7-9-17)16-15(18)14-10-11-4-3-5-13(11)21-14/h10,12H,2-9H2,1H3,(H,16,18). The summed E-state index contributed by atoms with van der Waals surface area (Å²) in [5, 5.41) is 3.06. The Bertz CT molecular complexity index is 637. The van der Waals surface area contributed by atoms with E-state index in [-0.39, 0.29) is 17.7 Å². The fourth-order valence-corrected chi connectivity index (χ4v) is 5.45. The van der Waals surface area contributed by atoms with Crippen molar-refractivity contribution in [2.24, 2.45) is 0 Å². The van der Waals surface area contributed by atoms with Crippen molar-refractivity contribution in [3.63, 3.8) is 0 Å². The number of thiophene rings is 1. The van der Waals surface area contributed by atoms with Gasteiger partial charge in [0.1, 0.15) is 0 Å². The molecule has 2 heterocycles. The highest BCUT2D eigenvalue weighted by Gasteiger charge is 2.28. The first-order valence-corrected chi connectivity index (χ1v) is 10.3. The summed E-state index contributed by atoms with van der Waals surface area (Å²) < 4.78 is 25.2. The van der Waals surface area contributed by atoms with Gasteiger partial charge in [0.25, 0.3) is 5.91 Å². The zero-order valence-electron chi connectivity index (χ0n) is 12.8. The van der Waals surface area contributed by atoms with Gasteiger partial charge in [0.15, 0.2) is 0 Å². The molecule has 0 saturated carbocycles. The van der Waals surface area contributed by atoms with Gasteiger partial charge in [-0.1, -0.05) is 0 Å². The molecule has 1 saturated heterocycles. The molecule has 3 rings (SSSR count). The van der Waals surface area contributed by atoms with E-state index in [1.165, 1.54) is 21.2 Å². The number of amides is 1. The third-order valence-corrected chi connectivity index (χ3v) is 7.64. The topological polar surface area (TPSA) is 66.5 Å². The number of carbonyl (C=O) groups is 1. The number of sulfonamides is 1. The van der Waals surface area contributed by atoms with Crippen LogP contribution in [0.4, 0.5) is 0 Å². The lowest BCUT2D eigenvalue weighted by Gasteiger charge is -2.31. The Balaban J connectivity index is 1.55. The smallest absolute Gasteiger partial charge is 0.261 e. The minimum absolute atomic E-state index is 0.00352. The molecule has 2 aliphatic rings. The monoisotopic (exact) mass is 342 g/mol. The number of hydrogen-bond donors (Lipinski definition) is 1. The molecular formula is C15H22N2O3S2. The van der Waals surface area contributed by atoms with Crippen molar-refractivity contribution in [3.8, 4) is 0 Å². The summed E-state index contributed by atoms with van der Waals surface area (Å²) in [6.07, 6.45) is 4.77. The van der Waals surface area contributed by atoms with Gasteiger partial charge in [0, 0.05) is 24.0 Å². The molecule has 0 atom stereocenters. The third kappa shape index (κ3) is 3.21. The highest BCUT2D eigenvalue weighted by atomic mass is 32.2. The lowest BCUT2D eigenvalue weighted by molar-refractivity contribution is 0.0928. The van der Waals surface area contributed by atoms with E-state index >= 15 is 0 Å². The van der Waals surface area contributed by atoms with Crippen LogP contribution in [-0.4, -0.2) is 43.5 Å². The maximum atomic E-state index is 12.3. The Morgan fingerprint density at radius 1 is 1.36 bits per heavy atom. The van der Waals surface area contributed by atoms with Crippen LogP contribution in [-0.2, 0) is 22.9 Å². The number of rotatable bonds is 4. The third-order valence-electron chi connectivity index (χ3n) is 4.52. The average Bonchev–Trinajstić information content (AvgIpc) is 3.09. The lowest BCUT2D eigenvalue weighted by atomic mass is 10.1. The fraction of sp³-hybridized carbons (Fsp3) is 0.667. The number of carbonyl (C=O) groups excluding carboxylic acids is 1. The number of nitrogens with zero attached hydrogens (tertiary/aromatic N) is 1. The van der Waals surface area contributed by atoms with E-state index in [2.05, 4.69) is 5.32 Å². The van der Waals surface area contributed by atoms with E-state index in [0.717, 1.165) is 17.7 Å². The summed E-state index contributed by atoms with van der Waals surface area (Å²) in [5.41, 5.74) is 1.33. The SMILES string of the molecule is CCS(=O)(=O)N1CCC(NC(=O)c2cc3c(s2)CCC3)CC1. The summed E-state index contributed by atoms with van der Waals surface area (Å²) in [7, 11) is -3.10. The van der Waals surface area contributed by atoms with Crippen LogP contribution in [0.15, 0.2) is 6.07 Å².